The summed E-state index contributed by atoms with van der Waals surface area (Å²) in [6, 6.07) is 15.6. The van der Waals surface area contributed by atoms with Gasteiger partial charge < -0.3 is 83.1 Å². The summed E-state index contributed by atoms with van der Waals surface area (Å²) in [4.78, 5) is 80.9. The summed E-state index contributed by atoms with van der Waals surface area (Å²) >= 11 is 0. The number of ether oxygens (including phenoxy) is 8. The van der Waals surface area contributed by atoms with Crippen molar-refractivity contribution in [1.82, 2.24) is 30.2 Å². The normalized spacial score (nSPS) is 14.3. The maximum Gasteiger partial charge on any atom is 1.00 e. The Morgan fingerprint density at radius 3 is 1.16 bits per heavy atom. The largest absolute Gasteiger partial charge is 1.00 e. The van der Waals surface area contributed by atoms with Gasteiger partial charge >= 0.3 is 88.7 Å². The van der Waals surface area contributed by atoms with Crippen molar-refractivity contribution in [2.45, 2.75) is 32.2 Å². The average Bonchev–Trinajstić information content (AvgIpc) is 3.42. The summed E-state index contributed by atoms with van der Waals surface area (Å²) in [5, 5.41) is 39.7. The average molecular weight is 1180 g/mol. The van der Waals surface area contributed by atoms with Crippen LogP contribution < -0.4 is 120 Å². The Morgan fingerprint density at radius 1 is 0.415 bits per heavy atom. The zero-order chi connectivity index (χ0) is 56.6. The molecule has 0 bridgehead atoms. The van der Waals surface area contributed by atoms with Crippen LogP contribution in [0.4, 0.5) is 5.69 Å². The van der Waals surface area contributed by atoms with Crippen LogP contribution in [0.25, 0.3) is 0 Å². The molecule has 4 rings (SSSR count). The third-order valence-corrected chi connectivity index (χ3v) is 12.3. The van der Waals surface area contributed by atoms with E-state index in [1.54, 1.807) is 24.5 Å². The van der Waals surface area contributed by atoms with E-state index < -0.39 is 17.9 Å². The van der Waals surface area contributed by atoms with Crippen molar-refractivity contribution in [2.24, 2.45) is 0 Å². The van der Waals surface area contributed by atoms with Crippen molar-refractivity contribution in [2.75, 3.05) is 202 Å². The first-order valence-electron chi connectivity index (χ1n) is 27.1. The molecule has 0 aliphatic carbocycles. The number of aliphatic carboxylic acids is 3. The summed E-state index contributed by atoms with van der Waals surface area (Å²) in [5.74, 6) is 2.23. The Balaban J connectivity index is 0.0000112. The molecule has 3 amide bonds. The Bertz CT molecular complexity index is 2150. The van der Waals surface area contributed by atoms with E-state index in [0.717, 1.165) is 22.4 Å². The number of carboxylic acid groups (broad SMARTS) is 3. The number of fused-ring (bicyclic) bond motifs is 2. The van der Waals surface area contributed by atoms with E-state index in [0.29, 0.717) is 151 Å². The molecule has 2 aromatic rings. The van der Waals surface area contributed by atoms with Gasteiger partial charge in [0.2, 0.25) is 17.7 Å². The van der Waals surface area contributed by atoms with E-state index >= 15 is 0 Å². The number of nitrogens with one attached hydrogen (secondary N) is 2. The first-order chi connectivity index (χ1) is 38.5. The fourth-order valence-electron chi connectivity index (χ4n) is 8.18. The van der Waals surface area contributed by atoms with E-state index in [1.807, 2.05) is 48.5 Å². The number of rotatable bonds is 40. The third-order valence-electron chi connectivity index (χ3n) is 12.3. The minimum absolute atomic E-state index is 0. The molecule has 82 heavy (non-hydrogen) atoms. The SMILES string of the molecule is O=C([O-])CN1CCN(CC(=O)[O-])CCN(CC(=O)NCCOCCOCCOCCOCCOCCOCCOCCOCCNC(=O)CCCCC(=O)N2Cc3ccccc3C#Cc3ccccc32)CCN(CC(=O)[O-])CC1.[Na+].[Na+].[Na+]. The van der Waals surface area contributed by atoms with Gasteiger partial charge in [-0.15, -0.1) is 0 Å². The number of amides is 3. The number of unbranched alkanes of at least 4 members (excludes halogenated alkanes) is 1. The fourth-order valence-corrected chi connectivity index (χ4v) is 8.18. The monoisotopic (exact) mass is 1180 g/mol. The summed E-state index contributed by atoms with van der Waals surface area (Å²) in [6.07, 6.45) is 1.87. The van der Waals surface area contributed by atoms with Crippen molar-refractivity contribution in [1.29, 1.82) is 0 Å². The Hall–Kier alpha value is -2.66. The Morgan fingerprint density at radius 2 is 0.744 bits per heavy atom. The molecule has 440 valence electrons. The molecular formula is C55H80N7Na3O17. The van der Waals surface area contributed by atoms with Crippen molar-refractivity contribution in [3.63, 3.8) is 0 Å². The molecule has 0 unspecified atom stereocenters. The molecule has 24 nitrogen and oxygen atoms in total. The van der Waals surface area contributed by atoms with Gasteiger partial charge in [-0.1, -0.05) is 42.2 Å². The van der Waals surface area contributed by atoms with Crippen LogP contribution in [0.1, 0.15) is 42.4 Å². The molecule has 0 aromatic heterocycles. The minimum Gasteiger partial charge on any atom is -0.549 e. The topological polar surface area (TPSA) is 286 Å². The second-order valence-electron chi connectivity index (χ2n) is 18.4. The van der Waals surface area contributed by atoms with Crippen LogP contribution in [-0.2, 0) is 73.2 Å². The zero-order valence-corrected chi connectivity index (χ0v) is 54.5. The number of carboxylic acids is 3. The number of hydrogen-bond acceptors (Lipinski definition) is 21. The number of carbonyl (C=O) groups excluding carboxylic acids is 6. The van der Waals surface area contributed by atoms with Crippen LogP contribution in [0, 0.1) is 11.8 Å². The molecule has 27 heteroatoms. The molecule has 0 atom stereocenters. The Kier molecular flexibility index (Phi) is 46.7. The molecular weight excluding hydrogens is 1100 g/mol. The smallest absolute Gasteiger partial charge is 0.549 e. The number of hydrogen-bond donors (Lipinski definition) is 2. The van der Waals surface area contributed by atoms with Crippen LogP contribution in [-0.4, -0.2) is 253 Å². The van der Waals surface area contributed by atoms with Crippen molar-refractivity contribution >= 4 is 41.3 Å². The molecule has 0 spiro atoms. The summed E-state index contributed by atoms with van der Waals surface area (Å²) in [5.41, 5.74) is 3.55. The van der Waals surface area contributed by atoms with Crippen molar-refractivity contribution in [3.8, 4) is 11.8 Å². The van der Waals surface area contributed by atoms with Gasteiger partial charge in [0.15, 0.2) is 0 Å². The van der Waals surface area contributed by atoms with Gasteiger partial charge in [-0.2, -0.15) is 0 Å². The quantitative estimate of drug-likeness (QED) is 0.0356. The molecule has 2 aliphatic heterocycles. The minimum atomic E-state index is -1.30. The van der Waals surface area contributed by atoms with Crippen LogP contribution in [0.5, 0.6) is 0 Å². The zero-order valence-electron chi connectivity index (χ0n) is 48.5. The number of para-hydroxylation sites is 1. The molecule has 2 aliphatic rings. The summed E-state index contributed by atoms with van der Waals surface area (Å²) in [7, 11) is 0. The molecule has 2 aromatic carbocycles. The predicted molar refractivity (Wildman–Crippen MR) is 282 cm³/mol. The summed E-state index contributed by atoms with van der Waals surface area (Å²) < 4.78 is 44.2. The van der Waals surface area contributed by atoms with Crippen LogP contribution >= 0.6 is 0 Å². The van der Waals surface area contributed by atoms with Gasteiger partial charge in [-0.25, -0.2) is 0 Å². The van der Waals surface area contributed by atoms with E-state index in [4.69, 9.17) is 37.9 Å². The summed E-state index contributed by atoms with van der Waals surface area (Å²) in [6.45, 7) is 8.06. The number of carbonyl (C=O) groups is 6. The molecule has 0 saturated carbocycles. The third kappa shape index (κ3) is 37.0. The second kappa shape index (κ2) is 49.5. The maximum absolute atomic E-state index is 13.4. The van der Waals surface area contributed by atoms with Crippen molar-refractivity contribution in [3.05, 3.63) is 65.2 Å². The van der Waals surface area contributed by atoms with Gasteiger partial charge in [0.1, 0.15) is 0 Å². The van der Waals surface area contributed by atoms with Gasteiger partial charge in [0.25, 0.3) is 0 Å². The fraction of sp³-hybridized carbons (Fsp3) is 0.636. The van der Waals surface area contributed by atoms with Gasteiger partial charge in [-0.3, -0.25) is 34.0 Å². The van der Waals surface area contributed by atoms with Gasteiger partial charge in [0, 0.05) is 109 Å². The van der Waals surface area contributed by atoms with E-state index in [-0.39, 0.29) is 185 Å². The molecule has 1 fully saturated rings. The van der Waals surface area contributed by atoms with Crippen molar-refractivity contribution < 1.29 is 171 Å². The Labute approximate surface area is 549 Å². The predicted octanol–water partition coefficient (Wildman–Crippen LogP) is -12.7. The maximum atomic E-state index is 13.4. The second-order valence-corrected chi connectivity index (χ2v) is 18.4. The molecule has 2 N–H and O–H groups in total. The van der Waals surface area contributed by atoms with Crippen LogP contribution in [0.3, 0.4) is 0 Å². The number of benzene rings is 2. The van der Waals surface area contributed by atoms with Gasteiger partial charge in [-0.05, 0) is 36.6 Å². The van der Waals surface area contributed by atoms with E-state index in [2.05, 4.69) is 22.5 Å². The molecule has 2 heterocycles. The van der Waals surface area contributed by atoms with Crippen LogP contribution in [0.15, 0.2) is 48.5 Å². The van der Waals surface area contributed by atoms with E-state index in [9.17, 15) is 44.1 Å². The molecule has 1 saturated heterocycles. The van der Waals surface area contributed by atoms with E-state index in [1.165, 1.54) is 0 Å². The van der Waals surface area contributed by atoms with Crippen LogP contribution in [0.2, 0.25) is 0 Å². The van der Waals surface area contributed by atoms with Gasteiger partial charge in [0.05, 0.1) is 142 Å². The first-order valence-corrected chi connectivity index (χ1v) is 27.1. The number of nitrogens with zero attached hydrogens (tertiary/aromatic N) is 5. The standard InChI is InChI=1S/C55H83N7O17.3Na/c63-50(11-5-6-12-52(65)62-41-48-9-2-1-7-46(48)13-14-47-8-3-4-10-49(47)62)56-15-25-72-27-29-74-31-33-76-35-37-78-39-40-79-38-36-77-34-32-75-30-28-73-26-16-57-51(64)42-58-17-19-59(43-53(66)67)21-23-61(45-55(70)71)24-22-60(20-18-58)44-54(68)69;;;/h1-4,7-10H,5-6,11-12,15-45H2,(H,56,63)(H,57,64)(H,66,67)(H,68,69)(H,70,71);;;/q;3*+1/p-3. The first kappa shape index (κ1) is 77.4. The molecule has 0 radical (unpaired) electrons. The number of anilines is 1.